The van der Waals surface area contributed by atoms with Gasteiger partial charge in [-0.3, -0.25) is 9.59 Å². The molecule has 0 saturated carbocycles. The molecule has 3 rings (SSSR count). The molecule has 2 amide bonds. The van der Waals surface area contributed by atoms with Crippen molar-refractivity contribution in [2.24, 2.45) is 0 Å². The van der Waals surface area contributed by atoms with Gasteiger partial charge in [0.25, 0.3) is 11.8 Å². The Labute approximate surface area is 184 Å². The van der Waals surface area contributed by atoms with Crippen LogP contribution in [0.3, 0.4) is 0 Å². The smallest absolute Gasteiger partial charge is 0.387 e. The molecule has 0 aromatic heterocycles. The first-order valence-electron chi connectivity index (χ1n) is 9.71. The van der Waals surface area contributed by atoms with E-state index in [0.717, 1.165) is 5.56 Å². The second-order valence-electron chi connectivity index (χ2n) is 6.91. The van der Waals surface area contributed by atoms with Crippen LogP contribution in [0.25, 0.3) is 0 Å². The molecule has 32 heavy (non-hydrogen) atoms. The highest BCUT2D eigenvalue weighted by molar-refractivity contribution is 6.09. The van der Waals surface area contributed by atoms with Gasteiger partial charge in [-0.25, -0.2) is 0 Å². The Morgan fingerprint density at radius 1 is 0.938 bits per heavy atom. The van der Waals surface area contributed by atoms with Gasteiger partial charge in [-0.05, 0) is 54.1 Å². The molecule has 0 aliphatic carbocycles. The van der Waals surface area contributed by atoms with E-state index in [2.05, 4.69) is 10.1 Å². The van der Waals surface area contributed by atoms with E-state index in [1.165, 1.54) is 17.0 Å². The summed E-state index contributed by atoms with van der Waals surface area (Å²) in [5.74, 6) is 0.0191. The highest BCUT2D eigenvalue weighted by atomic mass is 19.3. The second-order valence-corrected chi connectivity index (χ2v) is 6.91. The molecule has 0 fully saturated rings. The number of nitrogens with one attached hydrogen (secondary N) is 1. The Bertz CT molecular complexity index is 1070. The van der Waals surface area contributed by atoms with Gasteiger partial charge >= 0.3 is 6.61 Å². The minimum absolute atomic E-state index is 0.0457. The molecule has 0 aliphatic rings. The average molecular weight is 440 g/mol. The van der Waals surface area contributed by atoms with E-state index in [0.29, 0.717) is 22.6 Å². The van der Waals surface area contributed by atoms with Crippen LogP contribution in [-0.4, -0.2) is 37.5 Å². The number of rotatable bonds is 8. The first-order valence-corrected chi connectivity index (χ1v) is 9.71. The third-order valence-electron chi connectivity index (χ3n) is 4.67. The fourth-order valence-corrected chi connectivity index (χ4v) is 3.04. The van der Waals surface area contributed by atoms with Crippen LogP contribution in [0.1, 0.15) is 26.3 Å². The molecule has 0 atom stereocenters. The summed E-state index contributed by atoms with van der Waals surface area (Å²) in [7, 11) is 3.16. The van der Waals surface area contributed by atoms with Crippen molar-refractivity contribution >= 4 is 17.5 Å². The van der Waals surface area contributed by atoms with Crippen LogP contribution in [-0.2, 0) is 6.54 Å². The maximum atomic E-state index is 13.0. The van der Waals surface area contributed by atoms with Crippen molar-refractivity contribution in [3.8, 4) is 11.5 Å². The quantitative estimate of drug-likeness (QED) is 0.545. The average Bonchev–Trinajstić information content (AvgIpc) is 2.80. The van der Waals surface area contributed by atoms with Gasteiger partial charge in [-0.1, -0.05) is 24.3 Å². The molecule has 0 bridgehead atoms. The number of benzene rings is 3. The molecule has 0 saturated heterocycles. The van der Waals surface area contributed by atoms with Crippen LogP contribution in [0, 0.1) is 0 Å². The predicted molar refractivity (Wildman–Crippen MR) is 116 cm³/mol. The number of para-hydroxylation sites is 1. The Balaban J connectivity index is 1.70. The molecule has 0 radical (unpaired) electrons. The summed E-state index contributed by atoms with van der Waals surface area (Å²) in [6.45, 7) is -2.65. The number of ether oxygens (including phenoxy) is 2. The zero-order chi connectivity index (χ0) is 23.1. The molecular weight excluding hydrogens is 418 g/mol. The van der Waals surface area contributed by atoms with Gasteiger partial charge in [0.1, 0.15) is 11.5 Å². The van der Waals surface area contributed by atoms with Gasteiger partial charge in [-0.15, -0.1) is 0 Å². The van der Waals surface area contributed by atoms with Gasteiger partial charge in [-0.2, -0.15) is 8.78 Å². The van der Waals surface area contributed by atoms with E-state index in [4.69, 9.17) is 4.74 Å². The van der Waals surface area contributed by atoms with E-state index >= 15 is 0 Å². The zero-order valence-corrected chi connectivity index (χ0v) is 17.5. The van der Waals surface area contributed by atoms with E-state index < -0.39 is 6.61 Å². The molecule has 3 aromatic carbocycles. The van der Waals surface area contributed by atoms with Crippen LogP contribution < -0.4 is 14.8 Å². The standard InChI is InChI=1S/C24H22F2N2O4/c1-28(15-16-7-11-19(12-8-16)32-24(25)26)23(30)20-5-3-4-6-21(20)27-22(29)17-9-13-18(31-2)14-10-17/h3-14,24H,15H2,1-2H3,(H,27,29). The zero-order valence-electron chi connectivity index (χ0n) is 17.5. The van der Waals surface area contributed by atoms with Crippen LogP contribution in [0.5, 0.6) is 11.5 Å². The van der Waals surface area contributed by atoms with Crippen molar-refractivity contribution in [1.29, 1.82) is 0 Å². The number of hydrogen-bond donors (Lipinski definition) is 1. The lowest BCUT2D eigenvalue weighted by atomic mass is 10.1. The molecule has 0 unspecified atom stereocenters. The number of anilines is 1. The summed E-state index contributed by atoms with van der Waals surface area (Å²) in [4.78, 5) is 27.1. The number of halogens is 2. The maximum absolute atomic E-state index is 13.0. The largest absolute Gasteiger partial charge is 0.497 e. The molecule has 3 aromatic rings. The van der Waals surface area contributed by atoms with Gasteiger partial charge in [0.05, 0.1) is 18.4 Å². The van der Waals surface area contributed by atoms with E-state index in [1.54, 1.807) is 74.8 Å². The van der Waals surface area contributed by atoms with Crippen molar-refractivity contribution in [2.45, 2.75) is 13.2 Å². The molecule has 0 heterocycles. The Morgan fingerprint density at radius 2 is 1.56 bits per heavy atom. The summed E-state index contributed by atoms with van der Waals surface area (Å²) in [5, 5.41) is 2.77. The lowest BCUT2D eigenvalue weighted by Gasteiger charge is -2.19. The van der Waals surface area contributed by atoms with Crippen molar-refractivity contribution in [3.63, 3.8) is 0 Å². The van der Waals surface area contributed by atoms with Crippen molar-refractivity contribution in [1.82, 2.24) is 4.90 Å². The Hall–Kier alpha value is -3.94. The van der Waals surface area contributed by atoms with E-state index in [1.807, 2.05) is 0 Å². The summed E-state index contributed by atoms with van der Waals surface area (Å²) < 4.78 is 34.0. The number of carbonyl (C=O) groups is 2. The van der Waals surface area contributed by atoms with Crippen molar-refractivity contribution in [2.75, 3.05) is 19.5 Å². The number of carbonyl (C=O) groups excluding carboxylic acids is 2. The fraction of sp³-hybridized carbons (Fsp3) is 0.167. The van der Waals surface area contributed by atoms with Crippen LogP contribution in [0.15, 0.2) is 72.8 Å². The lowest BCUT2D eigenvalue weighted by molar-refractivity contribution is -0.0498. The molecule has 0 spiro atoms. The highest BCUT2D eigenvalue weighted by Gasteiger charge is 2.18. The molecule has 0 aliphatic heterocycles. The third kappa shape index (κ3) is 5.81. The molecule has 6 nitrogen and oxygen atoms in total. The number of methoxy groups -OCH3 is 1. The number of alkyl halides is 2. The maximum Gasteiger partial charge on any atom is 0.387 e. The SMILES string of the molecule is COc1ccc(C(=O)Nc2ccccc2C(=O)N(C)Cc2ccc(OC(F)F)cc2)cc1. The first kappa shape index (κ1) is 22.7. The topological polar surface area (TPSA) is 67.9 Å². The summed E-state index contributed by atoms with van der Waals surface area (Å²) in [6, 6.07) is 19.4. The number of nitrogens with zero attached hydrogens (tertiary/aromatic N) is 1. The molecule has 1 N–H and O–H groups in total. The molecule has 166 valence electrons. The lowest BCUT2D eigenvalue weighted by Crippen LogP contribution is -2.27. The Morgan fingerprint density at radius 3 is 2.19 bits per heavy atom. The number of hydrogen-bond acceptors (Lipinski definition) is 4. The molecular formula is C24H22F2N2O4. The highest BCUT2D eigenvalue weighted by Crippen LogP contribution is 2.21. The van der Waals surface area contributed by atoms with Crippen molar-refractivity contribution in [3.05, 3.63) is 89.5 Å². The van der Waals surface area contributed by atoms with Crippen LogP contribution in [0.2, 0.25) is 0 Å². The van der Waals surface area contributed by atoms with E-state index in [9.17, 15) is 18.4 Å². The van der Waals surface area contributed by atoms with E-state index in [-0.39, 0.29) is 24.1 Å². The summed E-state index contributed by atoms with van der Waals surface area (Å²) in [5.41, 5.74) is 1.87. The van der Waals surface area contributed by atoms with Crippen LogP contribution in [0.4, 0.5) is 14.5 Å². The first-order chi connectivity index (χ1) is 15.4. The van der Waals surface area contributed by atoms with Gasteiger partial charge in [0.15, 0.2) is 0 Å². The van der Waals surface area contributed by atoms with Gasteiger partial charge < -0.3 is 19.7 Å². The minimum atomic E-state index is -2.89. The van der Waals surface area contributed by atoms with Crippen molar-refractivity contribution < 1.29 is 27.8 Å². The minimum Gasteiger partial charge on any atom is -0.497 e. The third-order valence-corrected chi connectivity index (χ3v) is 4.67. The predicted octanol–water partition coefficient (Wildman–Crippen LogP) is 4.82. The fourth-order valence-electron chi connectivity index (χ4n) is 3.04. The summed E-state index contributed by atoms with van der Waals surface area (Å²) >= 11 is 0. The monoisotopic (exact) mass is 440 g/mol. The van der Waals surface area contributed by atoms with Gasteiger partial charge in [0, 0.05) is 19.2 Å². The second kappa shape index (κ2) is 10.4. The Kier molecular flexibility index (Phi) is 7.38. The van der Waals surface area contributed by atoms with Crippen LogP contribution >= 0.6 is 0 Å². The molecule has 8 heteroatoms. The normalized spacial score (nSPS) is 10.5. The van der Waals surface area contributed by atoms with Gasteiger partial charge in [0.2, 0.25) is 0 Å². The summed E-state index contributed by atoms with van der Waals surface area (Å²) in [6.07, 6.45) is 0. The number of amides is 2.